The summed E-state index contributed by atoms with van der Waals surface area (Å²) in [6.07, 6.45) is 1.88. The normalized spacial score (nSPS) is 22.1. The minimum atomic E-state index is -0.857. The summed E-state index contributed by atoms with van der Waals surface area (Å²) < 4.78 is 10.4. The van der Waals surface area contributed by atoms with Crippen molar-refractivity contribution in [1.82, 2.24) is 0 Å². The van der Waals surface area contributed by atoms with E-state index >= 15 is 0 Å². The van der Waals surface area contributed by atoms with Crippen LogP contribution in [0.15, 0.2) is 12.1 Å². The first kappa shape index (κ1) is 17.6. The molecule has 25 heavy (non-hydrogen) atoms. The summed E-state index contributed by atoms with van der Waals surface area (Å²) in [5.74, 6) is -0.815. The lowest BCUT2D eigenvalue weighted by molar-refractivity contribution is -0.124. The molecule has 1 fully saturated rings. The van der Waals surface area contributed by atoms with Gasteiger partial charge in [-0.25, -0.2) is 4.79 Å². The van der Waals surface area contributed by atoms with E-state index < -0.39 is 11.4 Å². The SMILES string of the molecule is CCOC(=O)c1cc2c(cc1C(C)=O)C(C)(COC)C(=O)N2C1CC1. The lowest BCUT2D eigenvalue weighted by Gasteiger charge is -2.23. The van der Waals surface area contributed by atoms with Gasteiger partial charge >= 0.3 is 5.97 Å². The second-order valence-electron chi connectivity index (χ2n) is 6.86. The van der Waals surface area contributed by atoms with Gasteiger partial charge in [-0.15, -0.1) is 0 Å². The maximum absolute atomic E-state index is 13.1. The van der Waals surface area contributed by atoms with Gasteiger partial charge in [0.25, 0.3) is 0 Å². The zero-order valence-corrected chi connectivity index (χ0v) is 15.0. The van der Waals surface area contributed by atoms with Crippen molar-refractivity contribution in [3.05, 3.63) is 28.8 Å². The number of hydrogen-bond acceptors (Lipinski definition) is 5. The minimum absolute atomic E-state index is 0.0395. The van der Waals surface area contributed by atoms with Crippen molar-refractivity contribution in [2.24, 2.45) is 0 Å². The summed E-state index contributed by atoms with van der Waals surface area (Å²) in [5, 5.41) is 0. The largest absolute Gasteiger partial charge is 0.462 e. The first-order chi connectivity index (χ1) is 11.8. The number of nitrogens with zero attached hydrogens (tertiary/aromatic N) is 1. The molecule has 1 heterocycles. The van der Waals surface area contributed by atoms with Gasteiger partial charge in [0.15, 0.2) is 5.78 Å². The van der Waals surface area contributed by atoms with Crippen molar-refractivity contribution in [2.75, 3.05) is 25.2 Å². The molecule has 0 N–H and O–H groups in total. The molecule has 0 bridgehead atoms. The maximum atomic E-state index is 13.1. The van der Waals surface area contributed by atoms with Crippen LogP contribution in [0.5, 0.6) is 0 Å². The van der Waals surface area contributed by atoms with E-state index in [-0.39, 0.29) is 42.1 Å². The van der Waals surface area contributed by atoms with E-state index in [9.17, 15) is 14.4 Å². The van der Waals surface area contributed by atoms with Crippen LogP contribution in [-0.4, -0.2) is 44.0 Å². The van der Waals surface area contributed by atoms with Crippen LogP contribution in [0.3, 0.4) is 0 Å². The Morgan fingerprint density at radius 3 is 2.48 bits per heavy atom. The van der Waals surface area contributed by atoms with E-state index in [1.165, 1.54) is 6.92 Å². The van der Waals surface area contributed by atoms with E-state index in [2.05, 4.69) is 0 Å². The molecule has 1 saturated carbocycles. The Labute approximate surface area is 147 Å². The molecule has 2 aliphatic rings. The molecule has 1 atom stereocenters. The highest BCUT2D eigenvalue weighted by Crippen LogP contribution is 2.48. The summed E-state index contributed by atoms with van der Waals surface area (Å²) >= 11 is 0. The highest BCUT2D eigenvalue weighted by Gasteiger charge is 2.52. The molecule has 134 valence electrons. The molecular formula is C19H23NO5. The van der Waals surface area contributed by atoms with Gasteiger partial charge in [0.05, 0.1) is 24.2 Å². The fraction of sp³-hybridized carbons (Fsp3) is 0.526. The Hall–Kier alpha value is -2.21. The number of benzene rings is 1. The van der Waals surface area contributed by atoms with Gasteiger partial charge in [0.1, 0.15) is 0 Å². The Morgan fingerprint density at radius 2 is 1.96 bits per heavy atom. The van der Waals surface area contributed by atoms with Gasteiger partial charge in [-0.2, -0.15) is 0 Å². The molecule has 1 aromatic rings. The number of methoxy groups -OCH3 is 1. The quantitative estimate of drug-likeness (QED) is 0.585. The number of ether oxygens (including phenoxy) is 2. The van der Waals surface area contributed by atoms with Gasteiger partial charge < -0.3 is 14.4 Å². The van der Waals surface area contributed by atoms with Crippen LogP contribution in [0.2, 0.25) is 0 Å². The number of hydrogen-bond donors (Lipinski definition) is 0. The van der Waals surface area contributed by atoms with Crippen LogP contribution in [0.1, 0.15) is 59.9 Å². The smallest absolute Gasteiger partial charge is 0.338 e. The number of carbonyl (C=O) groups is 3. The molecule has 1 aliphatic carbocycles. The van der Waals surface area contributed by atoms with Gasteiger partial charge in [-0.3, -0.25) is 9.59 Å². The van der Waals surface area contributed by atoms with E-state index in [0.29, 0.717) is 5.69 Å². The van der Waals surface area contributed by atoms with Gasteiger partial charge in [0.2, 0.25) is 5.91 Å². The summed E-state index contributed by atoms with van der Waals surface area (Å²) in [5.41, 5.74) is 1.08. The van der Waals surface area contributed by atoms with Crippen molar-refractivity contribution < 1.29 is 23.9 Å². The van der Waals surface area contributed by atoms with Gasteiger partial charge in [-0.1, -0.05) is 0 Å². The van der Waals surface area contributed by atoms with Crippen LogP contribution in [0, 0.1) is 0 Å². The Bertz CT molecular complexity index is 752. The number of amides is 1. The minimum Gasteiger partial charge on any atom is -0.462 e. The highest BCUT2D eigenvalue weighted by atomic mass is 16.5. The third-order valence-electron chi connectivity index (χ3n) is 4.90. The molecular weight excluding hydrogens is 322 g/mol. The monoisotopic (exact) mass is 345 g/mol. The van der Waals surface area contributed by atoms with Crippen molar-refractivity contribution in [1.29, 1.82) is 0 Å². The molecule has 1 amide bonds. The van der Waals surface area contributed by atoms with E-state index in [1.807, 2.05) is 6.92 Å². The first-order valence-electron chi connectivity index (χ1n) is 8.54. The van der Waals surface area contributed by atoms with Crippen molar-refractivity contribution in [3.8, 4) is 0 Å². The average molecular weight is 345 g/mol. The predicted octanol–water partition coefficient (Wildman–Crippen LogP) is 2.48. The molecule has 1 aromatic carbocycles. The molecule has 0 aromatic heterocycles. The number of carbonyl (C=O) groups excluding carboxylic acids is 3. The number of rotatable bonds is 6. The standard InChI is InChI=1S/C19H23NO5/c1-5-25-17(22)14-9-16-15(8-13(14)11(2)21)19(3,10-24-4)18(23)20(16)12-6-7-12/h8-9,12H,5-7,10H2,1-4H3. The summed E-state index contributed by atoms with van der Waals surface area (Å²) in [4.78, 5) is 39.3. The van der Waals surface area contributed by atoms with E-state index in [4.69, 9.17) is 9.47 Å². The first-order valence-corrected chi connectivity index (χ1v) is 8.54. The third kappa shape index (κ3) is 2.74. The maximum Gasteiger partial charge on any atom is 0.338 e. The molecule has 0 saturated heterocycles. The zero-order valence-electron chi connectivity index (χ0n) is 15.0. The van der Waals surface area contributed by atoms with Crippen molar-refractivity contribution in [2.45, 2.75) is 45.1 Å². The molecule has 0 spiro atoms. The topological polar surface area (TPSA) is 72.9 Å². The van der Waals surface area contributed by atoms with E-state index in [0.717, 1.165) is 18.4 Å². The fourth-order valence-electron chi connectivity index (χ4n) is 3.51. The molecule has 3 rings (SSSR count). The van der Waals surface area contributed by atoms with Crippen LogP contribution in [0.4, 0.5) is 5.69 Å². The number of fused-ring (bicyclic) bond motifs is 1. The molecule has 1 aliphatic heterocycles. The summed E-state index contributed by atoms with van der Waals surface area (Å²) in [6, 6.07) is 3.47. The number of Topliss-reactive ketones (excluding diaryl/α,β-unsaturated/α-hetero) is 1. The molecule has 1 unspecified atom stereocenters. The number of esters is 1. The van der Waals surface area contributed by atoms with Gasteiger partial charge in [-0.05, 0) is 51.3 Å². The number of anilines is 1. The lowest BCUT2D eigenvalue weighted by Crippen LogP contribution is -2.42. The van der Waals surface area contributed by atoms with E-state index in [1.54, 1.807) is 31.1 Å². The highest BCUT2D eigenvalue weighted by molar-refractivity contribution is 6.13. The Balaban J connectivity index is 2.21. The third-order valence-corrected chi connectivity index (χ3v) is 4.90. The van der Waals surface area contributed by atoms with Crippen molar-refractivity contribution in [3.63, 3.8) is 0 Å². The molecule has 0 radical (unpaired) electrons. The summed E-state index contributed by atoms with van der Waals surface area (Å²) in [7, 11) is 1.55. The molecule has 6 heteroatoms. The van der Waals surface area contributed by atoms with Crippen LogP contribution in [-0.2, 0) is 19.7 Å². The van der Waals surface area contributed by atoms with Crippen LogP contribution < -0.4 is 4.90 Å². The predicted molar refractivity (Wildman–Crippen MR) is 92.1 cm³/mol. The number of ketones is 1. The van der Waals surface area contributed by atoms with Crippen LogP contribution >= 0.6 is 0 Å². The van der Waals surface area contributed by atoms with Crippen molar-refractivity contribution >= 4 is 23.3 Å². The zero-order chi connectivity index (χ0) is 18.4. The second-order valence-corrected chi connectivity index (χ2v) is 6.86. The fourth-order valence-corrected chi connectivity index (χ4v) is 3.51. The summed E-state index contributed by atoms with van der Waals surface area (Å²) in [6.45, 7) is 5.40. The Kier molecular flexibility index (Phi) is 4.41. The van der Waals surface area contributed by atoms with Crippen LogP contribution in [0.25, 0.3) is 0 Å². The average Bonchev–Trinajstić information content (AvgIpc) is 3.36. The van der Waals surface area contributed by atoms with Gasteiger partial charge in [0, 0.05) is 24.4 Å². The Morgan fingerprint density at radius 1 is 1.28 bits per heavy atom. The molecule has 6 nitrogen and oxygen atoms in total. The lowest BCUT2D eigenvalue weighted by atomic mass is 9.82. The second kappa shape index (κ2) is 6.26.